The van der Waals surface area contributed by atoms with Crippen LogP contribution in [0.1, 0.15) is 26.3 Å². The van der Waals surface area contributed by atoms with Gasteiger partial charge in [0.2, 0.25) is 0 Å². The number of anilines is 1. The molecule has 0 aliphatic carbocycles. The number of nitrogens with zero attached hydrogens (tertiary/aromatic N) is 2. The van der Waals surface area contributed by atoms with Crippen molar-refractivity contribution in [2.75, 3.05) is 24.5 Å². The van der Waals surface area contributed by atoms with Gasteiger partial charge in [0.1, 0.15) is 0 Å². The molecule has 1 aliphatic heterocycles. The van der Waals surface area contributed by atoms with E-state index in [-0.39, 0.29) is 12.2 Å². The Hall–Kier alpha value is -1.88. The number of likely N-dealkylation sites (N-methyl/N-ethyl adjacent to an activating group) is 1. The maximum absolute atomic E-state index is 12.6. The first-order chi connectivity index (χ1) is 10.4. The molecule has 120 valence electrons. The van der Waals surface area contributed by atoms with E-state index >= 15 is 0 Å². The molecule has 1 heterocycles. The van der Waals surface area contributed by atoms with Crippen LogP contribution in [-0.4, -0.2) is 48.6 Å². The molecule has 1 saturated heterocycles. The van der Waals surface area contributed by atoms with Crippen molar-refractivity contribution in [3.63, 3.8) is 0 Å². The summed E-state index contributed by atoms with van der Waals surface area (Å²) >= 11 is 0. The van der Waals surface area contributed by atoms with Gasteiger partial charge < -0.3 is 14.5 Å². The molecule has 2 unspecified atom stereocenters. The molecule has 2 rings (SSSR count). The van der Waals surface area contributed by atoms with Gasteiger partial charge in [0.25, 0.3) is 0 Å². The fraction of sp³-hybridized carbons (Fsp3) is 0.529. The highest BCUT2D eigenvalue weighted by Crippen LogP contribution is 2.18. The summed E-state index contributed by atoms with van der Waals surface area (Å²) in [4.78, 5) is 28.2. The zero-order valence-corrected chi connectivity index (χ0v) is 13.7. The molecule has 2 amide bonds. The predicted octanol–water partition coefficient (Wildman–Crippen LogP) is 1.98. The molecule has 1 aromatic carbocycles. The van der Waals surface area contributed by atoms with E-state index in [0.29, 0.717) is 19.6 Å². The number of hydrogen-bond acceptors (Lipinski definition) is 3. The average molecular weight is 304 g/mol. The van der Waals surface area contributed by atoms with Crippen LogP contribution in [0.15, 0.2) is 24.3 Å². The molecule has 1 aliphatic rings. The number of benzene rings is 1. The molecule has 0 spiro atoms. The minimum Gasteiger partial charge on any atom is -0.372 e. The molecule has 0 N–H and O–H groups in total. The summed E-state index contributed by atoms with van der Waals surface area (Å²) in [5.41, 5.74) is 1.82. The van der Waals surface area contributed by atoms with E-state index in [1.54, 1.807) is 4.90 Å². The standard InChI is InChI=1S/C17H24N2O3/c1-5-19(15-8-6-7-12(2)9-15)17(21)16(20)18-10-13(3)22-14(4)11-18/h6-9,13-14H,5,10-11H2,1-4H3. The monoisotopic (exact) mass is 304 g/mol. The number of ether oxygens (including phenoxy) is 1. The summed E-state index contributed by atoms with van der Waals surface area (Å²) < 4.78 is 5.61. The van der Waals surface area contributed by atoms with Crippen molar-refractivity contribution >= 4 is 17.5 Å². The predicted molar refractivity (Wildman–Crippen MR) is 85.8 cm³/mol. The van der Waals surface area contributed by atoms with Crippen molar-refractivity contribution in [2.45, 2.75) is 39.9 Å². The van der Waals surface area contributed by atoms with Gasteiger partial charge >= 0.3 is 11.8 Å². The minimum atomic E-state index is -0.477. The fourth-order valence-corrected chi connectivity index (χ4v) is 2.83. The first-order valence-corrected chi connectivity index (χ1v) is 7.75. The molecule has 0 saturated carbocycles. The molecule has 1 fully saturated rings. The van der Waals surface area contributed by atoms with Crippen molar-refractivity contribution in [1.82, 2.24) is 4.90 Å². The minimum absolute atomic E-state index is 0.0467. The number of aryl methyl sites for hydroxylation is 1. The van der Waals surface area contributed by atoms with Crippen LogP contribution in [0.2, 0.25) is 0 Å². The highest BCUT2D eigenvalue weighted by Gasteiger charge is 2.32. The van der Waals surface area contributed by atoms with Crippen LogP contribution in [0, 0.1) is 6.92 Å². The van der Waals surface area contributed by atoms with E-state index in [0.717, 1.165) is 11.3 Å². The Morgan fingerprint density at radius 2 is 1.91 bits per heavy atom. The summed E-state index contributed by atoms with van der Waals surface area (Å²) in [6.45, 7) is 9.05. The number of amides is 2. The summed E-state index contributed by atoms with van der Waals surface area (Å²) in [5.74, 6) is -0.931. The van der Waals surface area contributed by atoms with Gasteiger partial charge in [0, 0.05) is 25.3 Å². The van der Waals surface area contributed by atoms with Gasteiger partial charge in [-0.3, -0.25) is 9.59 Å². The summed E-state index contributed by atoms with van der Waals surface area (Å²) in [6.07, 6.45) is -0.0934. The second-order valence-electron chi connectivity index (χ2n) is 5.86. The molecule has 0 aromatic heterocycles. The normalized spacial score (nSPS) is 21.5. The van der Waals surface area contributed by atoms with Gasteiger partial charge in [0.05, 0.1) is 12.2 Å². The second kappa shape index (κ2) is 6.92. The van der Waals surface area contributed by atoms with Crippen LogP contribution in [0.4, 0.5) is 5.69 Å². The Labute approximate surface area is 131 Å². The van der Waals surface area contributed by atoms with Gasteiger partial charge in [-0.1, -0.05) is 12.1 Å². The number of carbonyl (C=O) groups is 2. The lowest BCUT2D eigenvalue weighted by Gasteiger charge is -2.35. The van der Waals surface area contributed by atoms with Gasteiger partial charge in [-0.05, 0) is 45.4 Å². The molecule has 1 aromatic rings. The van der Waals surface area contributed by atoms with Crippen LogP contribution in [0.25, 0.3) is 0 Å². The first-order valence-electron chi connectivity index (χ1n) is 7.75. The van der Waals surface area contributed by atoms with Gasteiger partial charge in [0.15, 0.2) is 0 Å². The largest absolute Gasteiger partial charge is 0.372 e. The van der Waals surface area contributed by atoms with Crippen LogP contribution in [0.3, 0.4) is 0 Å². The maximum atomic E-state index is 12.6. The fourth-order valence-electron chi connectivity index (χ4n) is 2.83. The van der Waals surface area contributed by atoms with Crippen LogP contribution >= 0.6 is 0 Å². The average Bonchev–Trinajstić information content (AvgIpc) is 2.46. The molecule has 0 radical (unpaired) electrons. The Balaban J connectivity index is 2.16. The summed E-state index contributed by atoms with van der Waals surface area (Å²) in [6, 6.07) is 7.63. The van der Waals surface area contributed by atoms with E-state index in [1.165, 1.54) is 4.90 Å². The Morgan fingerprint density at radius 3 is 2.45 bits per heavy atom. The number of carbonyl (C=O) groups excluding carboxylic acids is 2. The molecule has 5 heteroatoms. The quantitative estimate of drug-likeness (QED) is 0.785. The highest BCUT2D eigenvalue weighted by molar-refractivity contribution is 6.40. The molecule has 2 atom stereocenters. The van der Waals surface area contributed by atoms with Crippen molar-refractivity contribution in [3.8, 4) is 0 Å². The lowest BCUT2D eigenvalue weighted by Crippen LogP contribution is -2.53. The maximum Gasteiger partial charge on any atom is 0.316 e. The van der Waals surface area contributed by atoms with E-state index < -0.39 is 11.8 Å². The third-order valence-corrected chi connectivity index (χ3v) is 3.76. The Morgan fingerprint density at radius 1 is 1.27 bits per heavy atom. The number of hydrogen-bond donors (Lipinski definition) is 0. The van der Waals surface area contributed by atoms with Gasteiger partial charge in [-0.2, -0.15) is 0 Å². The topological polar surface area (TPSA) is 49.9 Å². The van der Waals surface area contributed by atoms with Crippen molar-refractivity contribution < 1.29 is 14.3 Å². The Kier molecular flexibility index (Phi) is 5.19. The highest BCUT2D eigenvalue weighted by atomic mass is 16.5. The third kappa shape index (κ3) is 3.65. The molecule has 0 bridgehead atoms. The summed E-state index contributed by atoms with van der Waals surface area (Å²) in [5, 5.41) is 0. The second-order valence-corrected chi connectivity index (χ2v) is 5.86. The molecule has 22 heavy (non-hydrogen) atoms. The number of morpholine rings is 1. The Bertz CT molecular complexity index is 549. The van der Waals surface area contributed by atoms with E-state index in [1.807, 2.05) is 52.0 Å². The van der Waals surface area contributed by atoms with Crippen LogP contribution < -0.4 is 4.90 Å². The van der Waals surface area contributed by atoms with Crippen LogP contribution in [-0.2, 0) is 14.3 Å². The number of rotatable bonds is 2. The summed E-state index contributed by atoms with van der Waals surface area (Å²) in [7, 11) is 0. The van der Waals surface area contributed by atoms with E-state index in [2.05, 4.69) is 0 Å². The van der Waals surface area contributed by atoms with E-state index in [9.17, 15) is 9.59 Å². The van der Waals surface area contributed by atoms with Crippen LogP contribution in [0.5, 0.6) is 0 Å². The lowest BCUT2D eigenvalue weighted by atomic mass is 10.2. The molecular formula is C17H24N2O3. The van der Waals surface area contributed by atoms with Crippen molar-refractivity contribution in [1.29, 1.82) is 0 Å². The lowest BCUT2D eigenvalue weighted by molar-refractivity contribution is -0.152. The van der Waals surface area contributed by atoms with Gasteiger partial charge in [-0.15, -0.1) is 0 Å². The van der Waals surface area contributed by atoms with E-state index in [4.69, 9.17) is 4.74 Å². The first kappa shape index (κ1) is 16.5. The molecule has 5 nitrogen and oxygen atoms in total. The SMILES string of the molecule is CCN(C(=O)C(=O)N1CC(C)OC(C)C1)c1cccc(C)c1. The molecular weight excluding hydrogens is 280 g/mol. The zero-order valence-electron chi connectivity index (χ0n) is 13.7. The van der Waals surface area contributed by atoms with Crippen molar-refractivity contribution in [2.24, 2.45) is 0 Å². The van der Waals surface area contributed by atoms with Gasteiger partial charge in [-0.25, -0.2) is 0 Å². The zero-order chi connectivity index (χ0) is 16.3. The van der Waals surface area contributed by atoms with Crippen molar-refractivity contribution in [3.05, 3.63) is 29.8 Å². The smallest absolute Gasteiger partial charge is 0.316 e. The third-order valence-electron chi connectivity index (χ3n) is 3.76.